The standard InChI is InChI=1S/C12H11FO5/c1-17-12(16)7-18-10-4-2-8(6-9(10)13)3-5-11(14)15/h2-6H,7H2,1H3,(H,14,15)/b5-3+. The summed E-state index contributed by atoms with van der Waals surface area (Å²) in [4.78, 5) is 21.1. The zero-order chi connectivity index (χ0) is 13.5. The van der Waals surface area contributed by atoms with Gasteiger partial charge in [-0.05, 0) is 23.8 Å². The molecule has 0 bridgehead atoms. The maximum atomic E-state index is 13.5. The summed E-state index contributed by atoms with van der Waals surface area (Å²) in [6, 6.07) is 3.88. The molecule has 18 heavy (non-hydrogen) atoms. The lowest BCUT2D eigenvalue weighted by Crippen LogP contribution is -2.13. The molecule has 6 heteroatoms. The highest BCUT2D eigenvalue weighted by molar-refractivity contribution is 5.85. The summed E-state index contributed by atoms with van der Waals surface area (Å²) in [5.74, 6) is -2.54. The van der Waals surface area contributed by atoms with Gasteiger partial charge in [-0.25, -0.2) is 14.0 Å². The van der Waals surface area contributed by atoms with Crippen LogP contribution in [0.2, 0.25) is 0 Å². The SMILES string of the molecule is COC(=O)COc1ccc(/C=C/C(=O)O)cc1F. The Morgan fingerprint density at radius 3 is 2.72 bits per heavy atom. The van der Waals surface area contributed by atoms with Crippen molar-refractivity contribution in [2.75, 3.05) is 13.7 Å². The lowest BCUT2D eigenvalue weighted by atomic mass is 10.2. The van der Waals surface area contributed by atoms with Gasteiger partial charge in [-0.1, -0.05) is 6.07 Å². The third-order valence-electron chi connectivity index (χ3n) is 1.95. The van der Waals surface area contributed by atoms with E-state index in [1.54, 1.807) is 0 Å². The average molecular weight is 254 g/mol. The Morgan fingerprint density at radius 2 is 2.17 bits per heavy atom. The first-order chi connectivity index (χ1) is 8.52. The average Bonchev–Trinajstić information content (AvgIpc) is 2.34. The summed E-state index contributed by atoms with van der Waals surface area (Å²) in [6.45, 7) is -0.391. The second-order valence-electron chi connectivity index (χ2n) is 3.23. The largest absolute Gasteiger partial charge is 0.479 e. The first-order valence-electron chi connectivity index (χ1n) is 4.93. The Balaban J connectivity index is 2.73. The number of hydrogen-bond donors (Lipinski definition) is 1. The molecule has 1 aromatic rings. The van der Waals surface area contributed by atoms with E-state index >= 15 is 0 Å². The molecule has 0 aliphatic carbocycles. The fourth-order valence-electron chi connectivity index (χ4n) is 1.10. The van der Waals surface area contributed by atoms with Crippen molar-refractivity contribution in [1.29, 1.82) is 0 Å². The number of aliphatic carboxylic acids is 1. The van der Waals surface area contributed by atoms with Gasteiger partial charge in [0, 0.05) is 6.08 Å². The van der Waals surface area contributed by atoms with Crippen molar-refractivity contribution in [3.63, 3.8) is 0 Å². The van der Waals surface area contributed by atoms with Gasteiger partial charge < -0.3 is 14.6 Å². The van der Waals surface area contributed by atoms with Crippen LogP contribution >= 0.6 is 0 Å². The van der Waals surface area contributed by atoms with Crippen LogP contribution in [0.4, 0.5) is 4.39 Å². The van der Waals surface area contributed by atoms with Crippen molar-refractivity contribution in [1.82, 2.24) is 0 Å². The van der Waals surface area contributed by atoms with Crippen molar-refractivity contribution in [2.24, 2.45) is 0 Å². The highest BCUT2D eigenvalue weighted by atomic mass is 19.1. The Labute approximate surface area is 102 Å². The maximum Gasteiger partial charge on any atom is 0.343 e. The number of rotatable bonds is 5. The van der Waals surface area contributed by atoms with Crippen LogP contribution in [0.15, 0.2) is 24.3 Å². The van der Waals surface area contributed by atoms with Gasteiger partial charge in [0.05, 0.1) is 7.11 Å². The van der Waals surface area contributed by atoms with Crippen LogP contribution in [0.25, 0.3) is 6.08 Å². The predicted molar refractivity (Wildman–Crippen MR) is 60.6 cm³/mol. The summed E-state index contributed by atoms with van der Waals surface area (Å²) in [5, 5.41) is 8.41. The minimum Gasteiger partial charge on any atom is -0.479 e. The summed E-state index contributed by atoms with van der Waals surface area (Å²) in [7, 11) is 1.20. The molecule has 1 aromatic carbocycles. The van der Waals surface area contributed by atoms with Crippen molar-refractivity contribution < 1.29 is 28.6 Å². The van der Waals surface area contributed by atoms with Crippen molar-refractivity contribution in [3.8, 4) is 5.75 Å². The summed E-state index contributed by atoms with van der Waals surface area (Å²) in [6.07, 6.45) is 2.14. The molecule has 96 valence electrons. The van der Waals surface area contributed by atoms with E-state index in [0.29, 0.717) is 5.56 Å². The molecular weight excluding hydrogens is 243 g/mol. The summed E-state index contributed by atoms with van der Waals surface area (Å²) >= 11 is 0. The van der Waals surface area contributed by atoms with Crippen molar-refractivity contribution in [3.05, 3.63) is 35.7 Å². The van der Waals surface area contributed by atoms with Crippen LogP contribution in [-0.2, 0) is 14.3 Å². The van der Waals surface area contributed by atoms with Gasteiger partial charge >= 0.3 is 11.9 Å². The number of carbonyl (C=O) groups excluding carboxylic acids is 1. The minimum absolute atomic E-state index is 0.104. The van der Waals surface area contributed by atoms with Crippen LogP contribution < -0.4 is 4.74 Å². The smallest absolute Gasteiger partial charge is 0.343 e. The third kappa shape index (κ3) is 4.25. The van der Waals surface area contributed by atoms with Crippen LogP contribution in [0, 0.1) is 5.82 Å². The molecular formula is C12H11FO5. The first-order valence-corrected chi connectivity index (χ1v) is 4.93. The number of carbonyl (C=O) groups is 2. The van der Waals surface area contributed by atoms with E-state index in [1.165, 1.54) is 25.3 Å². The van der Waals surface area contributed by atoms with Gasteiger partial charge in [0.2, 0.25) is 0 Å². The molecule has 0 heterocycles. The topological polar surface area (TPSA) is 72.8 Å². The molecule has 5 nitrogen and oxygen atoms in total. The van der Waals surface area contributed by atoms with Gasteiger partial charge in [0.1, 0.15) is 0 Å². The van der Waals surface area contributed by atoms with Crippen molar-refractivity contribution >= 4 is 18.0 Å². The highest BCUT2D eigenvalue weighted by Gasteiger charge is 2.07. The normalized spacial score (nSPS) is 10.3. The van der Waals surface area contributed by atoms with Gasteiger partial charge in [-0.2, -0.15) is 0 Å². The number of carboxylic acids is 1. The molecule has 0 saturated heterocycles. The quantitative estimate of drug-likeness (QED) is 0.636. The zero-order valence-corrected chi connectivity index (χ0v) is 9.55. The molecule has 0 radical (unpaired) electrons. The maximum absolute atomic E-state index is 13.5. The second kappa shape index (κ2) is 6.39. The van der Waals surface area contributed by atoms with Gasteiger partial charge in [0.25, 0.3) is 0 Å². The molecule has 0 unspecified atom stereocenters. The summed E-state index contributed by atoms with van der Waals surface area (Å²) < 4.78 is 22.7. The third-order valence-corrected chi connectivity index (χ3v) is 1.95. The van der Waals surface area contributed by atoms with E-state index < -0.39 is 24.4 Å². The molecule has 0 aliphatic heterocycles. The number of carboxylic acid groups (broad SMARTS) is 1. The molecule has 1 N–H and O–H groups in total. The Morgan fingerprint density at radius 1 is 1.44 bits per heavy atom. The van der Waals surface area contributed by atoms with E-state index in [2.05, 4.69) is 4.74 Å². The number of hydrogen-bond acceptors (Lipinski definition) is 4. The van der Waals surface area contributed by atoms with Crippen LogP contribution in [0.1, 0.15) is 5.56 Å². The van der Waals surface area contributed by atoms with Gasteiger partial charge in [-0.15, -0.1) is 0 Å². The predicted octanol–water partition coefficient (Wildman–Crippen LogP) is 1.48. The highest BCUT2D eigenvalue weighted by Crippen LogP contribution is 2.19. The molecule has 0 fully saturated rings. The van der Waals surface area contributed by atoms with E-state index in [4.69, 9.17) is 9.84 Å². The number of halogens is 1. The Bertz CT molecular complexity index is 481. The van der Waals surface area contributed by atoms with E-state index in [1.807, 2.05) is 0 Å². The van der Waals surface area contributed by atoms with Gasteiger partial charge in [-0.3, -0.25) is 0 Å². The van der Waals surface area contributed by atoms with Crippen LogP contribution in [0.5, 0.6) is 5.75 Å². The lowest BCUT2D eigenvalue weighted by molar-refractivity contribution is -0.143. The lowest BCUT2D eigenvalue weighted by Gasteiger charge is -2.06. The second-order valence-corrected chi connectivity index (χ2v) is 3.23. The fourth-order valence-corrected chi connectivity index (χ4v) is 1.10. The van der Waals surface area contributed by atoms with E-state index in [-0.39, 0.29) is 5.75 Å². The summed E-state index contributed by atoms with van der Waals surface area (Å²) in [5.41, 5.74) is 0.375. The Hall–Kier alpha value is -2.37. The molecule has 0 saturated carbocycles. The molecule has 0 aromatic heterocycles. The molecule has 0 aliphatic rings. The number of esters is 1. The van der Waals surface area contributed by atoms with Crippen molar-refractivity contribution in [2.45, 2.75) is 0 Å². The molecule has 0 spiro atoms. The van der Waals surface area contributed by atoms with E-state index in [0.717, 1.165) is 12.1 Å². The monoisotopic (exact) mass is 254 g/mol. The minimum atomic E-state index is -1.12. The fraction of sp³-hybridized carbons (Fsp3) is 0.167. The number of ether oxygens (including phenoxy) is 2. The first kappa shape index (κ1) is 13.7. The number of benzene rings is 1. The zero-order valence-electron chi connectivity index (χ0n) is 9.55. The molecule has 1 rings (SSSR count). The van der Waals surface area contributed by atoms with E-state index in [9.17, 15) is 14.0 Å². The molecule has 0 atom stereocenters. The van der Waals surface area contributed by atoms with Gasteiger partial charge in [0.15, 0.2) is 18.2 Å². The van der Waals surface area contributed by atoms with Crippen LogP contribution in [0.3, 0.4) is 0 Å². The molecule has 0 amide bonds. The van der Waals surface area contributed by atoms with Crippen LogP contribution in [-0.4, -0.2) is 30.8 Å². The Kier molecular flexibility index (Phi) is 4.86. The number of methoxy groups -OCH3 is 1.